The van der Waals surface area contributed by atoms with Gasteiger partial charge in [-0.05, 0) is 55.0 Å². The summed E-state index contributed by atoms with van der Waals surface area (Å²) in [5.41, 5.74) is 2.28. The summed E-state index contributed by atoms with van der Waals surface area (Å²) < 4.78 is 33.3. The molecule has 0 aliphatic carbocycles. The highest BCUT2D eigenvalue weighted by molar-refractivity contribution is 7.94. The molecular formula is C16H16N2O3S3. The van der Waals surface area contributed by atoms with E-state index in [9.17, 15) is 8.42 Å². The molecule has 3 rings (SSSR count). The number of sulfonamides is 1. The molecule has 1 unspecified atom stereocenters. The number of benzene rings is 1. The quantitative estimate of drug-likeness (QED) is 0.789. The number of ether oxygens (including phenoxy) is 1. The molecule has 126 valence electrons. The number of rotatable bonds is 4. The Bertz CT molecular complexity index is 903. The van der Waals surface area contributed by atoms with Crippen molar-refractivity contribution in [1.82, 2.24) is 0 Å². The number of nitrogens with one attached hydrogen (secondary N) is 2. The first-order chi connectivity index (χ1) is 11.4. The molecule has 8 heteroatoms. The summed E-state index contributed by atoms with van der Waals surface area (Å²) in [6.07, 6.45) is 2.19. The summed E-state index contributed by atoms with van der Waals surface area (Å²) in [6.45, 7) is 5.57. The number of hydrogen-bond donors (Lipinski definition) is 2. The minimum absolute atomic E-state index is 0.0782. The van der Waals surface area contributed by atoms with Gasteiger partial charge in [-0.15, -0.1) is 11.3 Å². The van der Waals surface area contributed by atoms with Gasteiger partial charge in [0.2, 0.25) is 0 Å². The van der Waals surface area contributed by atoms with Gasteiger partial charge >= 0.3 is 0 Å². The SMILES string of the molecule is C=Cc1ccc(S(=O)(=O)Nc2ccc3c(c2)CC(C)OC(=S)N3)s1. The standard InChI is InChI=1S/C16H16N2O3S3/c1-3-13-5-7-15(23-13)24(19,20)18-12-4-6-14-11(9-12)8-10(2)21-16(22)17-14/h3-7,9-10,18H,1,8H2,2H3,(H,17,22). The van der Waals surface area contributed by atoms with Crippen LogP contribution >= 0.6 is 23.6 Å². The van der Waals surface area contributed by atoms with Crippen LogP contribution < -0.4 is 10.0 Å². The van der Waals surface area contributed by atoms with Crippen LogP contribution in [0.1, 0.15) is 17.4 Å². The summed E-state index contributed by atoms with van der Waals surface area (Å²) >= 11 is 6.27. The van der Waals surface area contributed by atoms with Gasteiger partial charge in [0.1, 0.15) is 10.3 Å². The van der Waals surface area contributed by atoms with Crippen LogP contribution in [-0.2, 0) is 21.2 Å². The van der Waals surface area contributed by atoms with Crippen molar-refractivity contribution in [3.8, 4) is 0 Å². The lowest BCUT2D eigenvalue weighted by atomic mass is 10.1. The highest BCUT2D eigenvalue weighted by atomic mass is 32.2. The number of hydrogen-bond acceptors (Lipinski definition) is 5. The Morgan fingerprint density at radius 2 is 2.21 bits per heavy atom. The minimum Gasteiger partial charge on any atom is -0.467 e. The van der Waals surface area contributed by atoms with E-state index >= 15 is 0 Å². The van der Waals surface area contributed by atoms with E-state index in [1.807, 2.05) is 6.92 Å². The predicted octanol–water partition coefficient (Wildman–Crippen LogP) is 3.85. The highest BCUT2D eigenvalue weighted by Gasteiger charge is 2.20. The zero-order chi connectivity index (χ0) is 17.3. The molecule has 1 aliphatic rings. The van der Waals surface area contributed by atoms with E-state index in [4.69, 9.17) is 17.0 Å². The van der Waals surface area contributed by atoms with Gasteiger partial charge in [0, 0.05) is 22.7 Å². The van der Waals surface area contributed by atoms with E-state index in [-0.39, 0.29) is 10.3 Å². The first-order valence-corrected chi connectivity index (χ1v) is 9.94. The fourth-order valence-corrected chi connectivity index (χ4v) is 4.92. The van der Waals surface area contributed by atoms with Crippen molar-refractivity contribution in [3.63, 3.8) is 0 Å². The molecule has 2 N–H and O–H groups in total. The minimum atomic E-state index is -3.62. The Balaban J connectivity index is 1.88. The lowest BCUT2D eigenvalue weighted by molar-refractivity contribution is 0.217. The molecule has 2 heterocycles. The van der Waals surface area contributed by atoms with Crippen LogP contribution in [0.15, 0.2) is 41.1 Å². The Morgan fingerprint density at radius 1 is 1.42 bits per heavy atom. The molecule has 5 nitrogen and oxygen atoms in total. The van der Waals surface area contributed by atoms with E-state index in [0.717, 1.165) is 16.1 Å². The molecule has 0 radical (unpaired) electrons. The smallest absolute Gasteiger partial charge is 0.271 e. The third-order valence-electron chi connectivity index (χ3n) is 3.48. The van der Waals surface area contributed by atoms with Crippen LogP contribution in [0, 0.1) is 0 Å². The maximum absolute atomic E-state index is 12.5. The second-order valence-electron chi connectivity index (χ2n) is 5.38. The molecule has 1 aromatic carbocycles. The Labute approximate surface area is 150 Å². The van der Waals surface area contributed by atoms with Crippen LogP contribution in [-0.4, -0.2) is 19.7 Å². The van der Waals surface area contributed by atoms with E-state index in [0.29, 0.717) is 17.3 Å². The van der Waals surface area contributed by atoms with Gasteiger partial charge in [-0.25, -0.2) is 8.42 Å². The first kappa shape index (κ1) is 16.9. The molecule has 0 spiro atoms. The van der Waals surface area contributed by atoms with Crippen molar-refractivity contribution in [2.75, 3.05) is 10.0 Å². The highest BCUT2D eigenvalue weighted by Crippen LogP contribution is 2.28. The first-order valence-electron chi connectivity index (χ1n) is 7.23. The Hall–Kier alpha value is -1.90. The lowest BCUT2D eigenvalue weighted by Crippen LogP contribution is -2.16. The third-order valence-corrected chi connectivity index (χ3v) is 6.63. The molecule has 1 aliphatic heterocycles. The van der Waals surface area contributed by atoms with Crippen LogP contribution in [0.4, 0.5) is 11.4 Å². The fraction of sp³-hybridized carbons (Fsp3) is 0.188. The zero-order valence-electron chi connectivity index (χ0n) is 12.9. The van der Waals surface area contributed by atoms with Crippen LogP contribution in [0.2, 0.25) is 0 Å². The number of thiophene rings is 1. The Kier molecular flexibility index (Phi) is 4.62. The molecule has 0 saturated carbocycles. The van der Waals surface area contributed by atoms with Crippen LogP contribution in [0.25, 0.3) is 6.08 Å². The fourth-order valence-electron chi connectivity index (χ4n) is 2.42. The van der Waals surface area contributed by atoms with E-state index in [1.165, 1.54) is 11.3 Å². The van der Waals surface area contributed by atoms with Gasteiger partial charge in [-0.1, -0.05) is 12.7 Å². The molecular weight excluding hydrogens is 364 g/mol. The van der Waals surface area contributed by atoms with Gasteiger partial charge in [-0.2, -0.15) is 0 Å². The van der Waals surface area contributed by atoms with Crippen molar-refractivity contribution in [1.29, 1.82) is 0 Å². The van der Waals surface area contributed by atoms with Crippen molar-refractivity contribution in [2.45, 2.75) is 23.7 Å². The molecule has 2 aromatic rings. The largest absolute Gasteiger partial charge is 0.467 e. The molecule has 1 atom stereocenters. The van der Waals surface area contributed by atoms with Crippen LogP contribution in [0.3, 0.4) is 0 Å². The van der Waals surface area contributed by atoms with Crippen LogP contribution in [0.5, 0.6) is 0 Å². The maximum atomic E-state index is 12.5. The molecule has 24 heavy (non-hydrogen) atoms. The third kappa shape index (κ3) is 3.61. The van der Waals surface area contributed by atoms with Crippen molar-refractivity contribution in [3.05, 3.63) is 47.4 Å². The molecule has 0 fully saturated rings. The summed E-state index contributed by atoms with van der Waals surface area (Å²) in [4.78, 5) is 0.806. The summed E-state index contributed by atoms with van der Waals surface area (Å²) in [7, 11) is -3.62. The summed E-state index contributed by atoms with van der Waals surface area (Å²) in [5, 5.41) is 3.33. The normalized spacial score (nSPS) is 17.2. The van der Waals surface area contributed by atoms with Gasteiger partial charge < -0.3 is 10.1 Å². The van der Waals surface area contributed by atoms with Gasteiger partial charge in [0.25, 0.3) is 15.2 Å². The lowest BCUT2D eigenvalue weighted by Gasteiger charge is -2.11. The monoisotopic (exact) mass is 380 g/mol. The topological polar surface area (TPSA) is 67.4 Å². The Morgan fingerprint density at radius 3 is 2.92 bits per heavy atom. The van der Waals surface area contributed by atoms with E-state index in [2.05, 4.69) is 16.6 Å². The van der Waals surface area contributed by atoms with Gasteiger partial charge in [0.05, 0.1) is 0 Å². The van der Waals surface area contributed by atoms with E-state index < -0.39 is 10.0 Å². The van der Waals surface area contributed by atoms with Crippen molar-refractivity contribution < 1.29 is 13.2 Å². The number of anilines is 2. The summed E-state index contributed by atoms with van der Waals surface area (Å²) in [5.74, 6) is 0. The second kappa shape index (κ2) is 6.54. The molecule has 0 bridgehead atoms. The predicted molar refractivity (Wildman–Crippen MR) is 102 cm³/mol. The van der Waals surface area contributed by atoms with Crippen molar-refractivity contribution >= 4 is 56.2 Å². The van der Waals surface area contributed by atoms with E-state index in [1.54, 1.807) is 36.4 Å². The molecule has 0 saturated heterocycles. The number of fused-ring (bicyclic) bond motifs is 1. The molecule has 0 amide bonds. The van der Waals surface area contributed by atoms with Gasteiger partial charge in [-0.3, -0.25) is 4.72 Å². The molecule has 1 aromatic heterocycles. The second-order valence-corrected chi connectivity index (χ2v) is 8.78. The summed E-state index contributed by atoms with van der Waals surface area (Å²) in [6, 6.07) is 8.60. The van der Waals surface area contributed by atoms with Crippen molar-refractivity contribution in [2.24, 2.45) is 0 Å². The van der Waals surface area contributed by atoms with Gasteiger partial charge in [0.15, 0.2) is 0 Å². The maximum Gasteiger partial charge on any atom is 0.271 e. The zero-order valence-corrected chi connectivity index (χ0v) is 15.4. The average Bonchev–Trinajstić information content (AvgIpc) is 2.94. The average molecular weight is 381 g/mol. The number of thiocarbonyl (C=S) groups is 1.